The first kappa shape index (κ1) is 16.1. The molecule has 5 heteroatoms. The summed E-state index contributed by atoms with van der Waals surface area (Å²) in [4.78, 5) is 13.8. The maximum atomic E-state index is 12.1. The van der Waals surface area contributed by atoms with Gasteiger partial charge in [-0.15, -0.1) is 0 Å². The molecule has 122 valence electrons. The lowest BCUT2D eigenvalue weighted by Crippen LogP contribution is -2.30. The molecule has 0 N–H and O–H groups in total. The summed E-state index contributed by atoms with van der Waals surface area (Å²) in [5.41, 5.74) is 0. The third-order valence-corrected chi connectivity index (χ3v) is 4.68. The van der Waals surface area contributed by atoms with Crippen LogP contribution in [0.1, 0.15) is 30.8 Å². The Bertz CT molecular complexity index is 680. The molecule has 3 rings (SSSR count). The van der Waals surface area contributed by atoms with Gasteiger partial charge in [-0.1, -0.05) is 22.9 Å². The van der Waals surface area contributed by atoms with Crippen molar-refractivity contribution in [1.29, 1.82) is 0 Å². The van der Waals surface area contributed by atoms with Crippen LogP contribution >= 0.6 is 15.9 Å². The zero-order valence-corrected chi connectivity index (χ0v) is 14.9. The quantitative estimate of drug-likeness (QED) is 0.757. The minimum absolute atomic E-state index is 0.0192. The van der Waals surface area contributed by atoms with Gasteiger partial charge < -0.3 is 14.1 Å². The molecule has 0 unspecified atom stereocenters. The molecule has 1 fully saturated rings. The van der Waals surface area contributed by atoms with E-state index in [1.165, 1.54) is 6.42 Å². The van der Waals surface area contributed by atoms with Crippen LogP contribution in [0.3, 0.4) is 0 Å². The standard InChI is InChI=1S/C18H20BrNO3/c1-12-9-16(12)17-8-7-15(23-17)10-20(2)18(21)11-22-14-5-3-13(19)4-6-14/h3-8,12,16H,9-11H2,1-2H3/t12-,16-/m0/s1. The number of carbonyl (C=O) groups is 1. The lowest BCUT2D eigenvalue weighted by molar-refractivity contribution is -0.132. The van der Waals surface area contributed by atoms with Crippen LogP contribution in [-0.2, 0) is 11.3 Å². The number of carbonyl (C=O) groups excluding carboxylic acids is 1. The minimum atomic E-state index is -0.0781. The Hall–Kier alpha value is -1.75. The molecule has 0 spiro atoms. The van der Waals surface area contributed by atoms with Gasteiger partial charge in [0.1, 0.15) is 17.3 Å². The fourth-order valence-corrected chi connectivity index (χ4v) is 2.77. The predicted molar refractivity (Wildman–Crippen MR) is 91.3 cm³/mol. The summed E-state index contributed by atoms with van der Waals surface area (Å²) in [6.07, 6.45) is 1.20. The van der Waals surface area contributed by atoms with Crippen molar-refractivity contribution in [3.05, 3.63) is 52.4 Å². The lowest BCUT2D eigenvalue weighted by Gasteiger charge is -2.16. The van der Waals surface area contributed by atoms with Crippen molar-refractivity contribution in [1.82, 2.24) is 4.90 Å². The smallest absolute Gasteiger partial charge is 0.260 e. The van der Waals surface area contributed by atoms with E-state index in [-0.39, 0.29) is 12.5 Å². The van der Waals surface area contributed by atoms with Crippen LogP contribution in [0.4, 0.5) is 0 Å². The van der Waals surface area contributed by atoms with E-state index in [0.29, 0.717) is 24.1 Å². The number of rotatable bonds is 6. The van der Waals surface area contributed by atoms with Crippen molar-refractivity contribution in [2.45, 2.75) is 25.8 Å². The fourth-order valence-electron chi connectivity index (χ4n) is 2.51. The first-order chi connectivity index (χ1) is 11.0. The Kier molecular flexibility index (Phi) is 4.76. The van der Waals surface area contributed by atoms with Gasteiger partial charge in [0.25, 0.3) is 5.91 Å². The van der Waals surface area contributed by atoms with Crippen molar-refractivity contribution in [2.75, 3.05) is 13.7 Å². The van der Waals surface area contributed by atoms with Crippen LogP contribution in [0, 0.1) is 5.92 Å². The Balaban J connectivity index is 1.49. The molecule has 0 saturated heterocycles. The van der Waals surface area contributed by atoms with Crippen molar-refractivity contribution in [2.24, 2.45) is 5.92 Å². The van der Waals surface area contributed by atoms with E-state index in [1.807, 2.05) is 36.4 Å². The molecule has 23 heavy (non-hydrogen) atoms. The Morgan fingerprint density at radius 2 is 2.00 bits per heavy atom. The molecule has 1 amide bonds. The molecular weight excluding hydrogens is 358 g/mol. The number of amides is 1. The predicted octanol–water partition coefficient (Wildman–Crippen LogP) is 4.20. The Morgan fingerprint density at radius 3 is 2.65 bits per heavy atom. The van der Waals surface area contributed by atoms with E-state index in [2.05, 4.69) is 22.9 Å². The van der Waals surface area contributed by atoms with Gasteiger partial charge in [0.05, 0.1) is 6.54 Å². The summed E-state index contributed by atoms with van der Waals surface area (Å²) in [5.74, 6) is 3.74. The van der Waals surface area contributed by atoms with E-state index in [9.17, 15) is 4.79 Å². The molecule has 1 heterocycles. The summed E-state index contributed by atoms with van der Waals surface area (Å²) in [5, 5.41) is 0. The van der Waals surface area contributed by atoms with Crippen molar-refractivity contribution < 1.29 is 13.9 Å². The lowest BCUT2D eigenvalue weighted by atomic mass is 10.3. The highest BCUT2D eigenvalue weighted by molar-refractivity contribution is 9.10. The van der Waals surface area contributed by atoms with E-state index in [0.717, 1.165) is 16.0 Å². The summed E-state index contributed by atoms with van der Waals surface area (Å²) >= 11 is 3.36. The van der Waals surface area contributed by atoms with Gasteiger partial charge in [-0.3, -0.25) is 4.79 Å². The summed E-state index contributed by atoms with van der Waals surface area (Å²) in [7, 11) is 1.76. The van der Waals surface area contributed by atoms with Crippen LogP contribution < -0.4 is 4.74 Å². The highest BCUT2D eigenvalue weighted by Crippen LogP contribution is 2.47. The molecule has 1 aromatic carbocycles. The Morgan fingerprint density at radius 1 is 1.30 bits per heavy atom. The highest BCUT2D eigenvalue weighted by atomic mass is 79.9. The molecule has 2 aromatic rings. The molecule has 1 aliphatic rings. The van der Waals surface area contributed by atoms with Gasteiger partial charge in [-0.05, 0) is 48.7 Å². The monoisotopic (exact) mass is 377 g/mol. The van der Waals surface area contributed by atoms with Gasteiger partial charge in [-0.25, -0.2) is 0 Å². The molecule has 0 bridgehead atoms. The van der Waals surface area contributed by atoms with E-state index in [4.69, 9.17) is 9.15 Å². The fraction of sp³-hybridized carbons (Fsp3) is 0.389. The van der Waals surface area contributed by atoms with Crippen LogP contribution in [0.15, 0.2) is 45.3 Å². The van der Waals surface area contributed by atoms with Gasteiger partial charge >= 0.3 is 0 Å². The second-order valence-corrected chi connectivity index (χ2v) is 7.03. The largest absolute Gasteiger partial charge is 0.484 e. The van der Waals surface area contributed by atoms with E-state index < -0.39 is 0 Å². The second kappa shape index (κ2) is 6.79. The third kappa shape index (κ3) is 4.16. The average Bonchev–Trinajstić information content (AvgIpc) is 3.08. The molecule has 4 nitrogen and oxygen atoms in total. The first-order valence-electron chi connectivity index (χ1n) is 7.74. The highest BCUT2D eigenvalue weighted by Gasteiger charge is 2.36. The maximum absolute atomic E-state index is 12.1. The first-order valence-corrected chi connectivity index (χ1v) is 8.53. The zero-order valence-electron chi connectivity index (χ0n) is 13.3. The normalized spacial score (nSPS) is 19.4. The molecule has 0 aliphatic heterocycles. The van der Waals surface area contributed by atoms with Gasteiger partial charge in [0.15, 0.2) is 6.61 Å². The molecule has 0 radical (unpaired) electrons. The number of hydrogen-bond donors (Lipinski definition) is 0. The van der Waals surface area contributed by atoms with Gasteiger partial charge in [0.2, 0.25) is 0 Å². The Labute approximate surface area is 144 Å². The van der Waals surface area contributed by atoms with E-state index in [1.54, 1.807) is 11.9 Å². The maximum Gasteiger partial charge on any atom is 0.260 e. The molecule has 1 aromatic heterocycles. The zero-order chi connectivity index (χ0) is 16.4. The number of benzene rings is 1. The molecule has 1 aliphatic carbocycles. The average molecular weight is 378 g/mol. The number of hydrogen-bond acceptors (Lipinski definition) is 3. The number of ether oxygens (including phenoxy) is 1. The van der Waals surface area contributed by atoms with Crippen LogP contribution in [0.5, 0.6) is 5.75 Å². The number of halogens is 1. The van der Waals surface area contributed by atoms with Crippen LogP contribution in [0.25, 0.3) is 0 Å². The number of nitrogens with zero attached hydrogens (tertiary/aromatic N) is 1. The van der Waals surface area contributed by atoms with Crippen LogP contribution in [-0.4, -0.2) is 24.5 Å². The van der Waals surface area contributed by atoms with Crippen molar-refractivity contribution >= 4 is 21.8 Å². The van der Waals surface area contributed by atoms with Crippen molar-refractivity contribution in [3.63, 3.8) is 0 Å². The topological polar surface area (TPSA) is 42.7 Å². The van der Waals surface area contributed by atoms with E-state index >= 15 is 0 Å². The third-order valence-electron chi connectivity index (χ3n) is 4.15. The van der Waals surface area contributed by atoms with Crippen LogP contribution in [0.2, 0.25) is 0 Å². The summed E-state index contributed by atoms with van der Waals surface area (Å²) in [6, 6.07) is 11.4. The molecule has 2 atom stereocenters. The SMILES string of the molecule is C[C@H]1C[C@@H]1c1ccc(CN(C)C(=O)COc2ccc(Br)cc2)o1. The molecular formula is C18H20BrNO3. The van der Waals surface area contributed by atoms with Crippen molar-refractivity contribution in [3.8, 4) is 5.75 Å². The van der Waals surface area contributed by atoms with Gasteiger partial charge in [-0.2, -0.15) is 0 Å². The number of furan rings is 1. The second-order valence-electron chi connectivity index (χ2n) is 6.12. The van der Waals surface area contributed by atoms with Gasteiger partial charge in [0, 0.05) is 17.4 Å². The molecule has 1 saturated carbocycles. The number of likely N-dealkylation sites (N-methyl/N-ethyl adjacent to an activating group) is 1. The summed E-state index contributed by atoms with van der Waals surface area (Å²) < 4.78 is 12.3. The summed E-state index contributed by atoms with van der Waals surface area (Å²) in [6.45, 7) is 2.71. The minimum Gasteiger partial charge on any atom is -0.484 e.